The number of nitrogens with one attached hydrogen (secondary N) is 10. The van der Waals surface area contributed by atoms with Crippen LogP contribution in [0.15, 0.2) is 0 Å². The molecule has 0 aliphatic carbocycles. The maximum absolute atomic E-state index is 4.61. The summed E-state index contributed by atoms with van der Waals surface area (Å²) in [6.45, 7) is 27.1. The Bertz CT molecular complexity index is 622. The largest absolute Gasteiger partial charge is 0.317 e. The molecule has 1 atom stereocenters. The number of unbranched alkanes of at least 4 members (excludes halogenated alkanes) is 8. The van der Waals surface area contributed by atoms with Gasteiger partial charge in [-0.05, 0) is 252 Å². The van der Waals surface area contributed by atoms with Gasteiger partial charge in [0.15, 0.2) is 0 Å². The molecule has 0 saturated heterocycles. The molecule has 0 aromatic heterocycles. The summed E-state index contributed by atoms with van der Waals surface area (Å²) in [5.41, 5.74) is 0. The lowest BCUT2D eigenvalue weighted by Crippen LogP contribution is -2.29. The minimum Gasteiger partial charge on any atom is -0.317 e. The van der Waals surface area contributed by atoms with E-state index in [4.69, 9.17) is 0 Å². The van der Waals surface area contributed by atoms with Gasteiger partial charge in [-0.1, -0.05) is 13.8 Å². The summed E-state index contributed by atoms with van der Waals surface area (Å²) >= 11 is 4.61. The topological polar surface area (TPSA) is 120 Å². The van der Waals surface area contributed by atoms with Gasteiger partial charge in [-0.2, -0.15) is 12.6 Å². The molecule has 0 amide bonds. The normalized spacial score (nSPS) is 12.3. The van der Waals surface area contributed by atoms with Crippen LogP contribution in [0.25, 0.3) is 0 Å². The van der Waals surface area contributed by atoms with Crippen molar-refractivity contribution < 1.29 is 0 Å². The molecule has 0 bridgehead atoms. The molecule has 0 aromatic rings. The minimum atomic E-state index is 0.656. The summed E-state index contributed by atoms with van der Waals surface area (Å²) < 4.78 is 0. The smallest absolute Gasteiger partial charge is 0.00122 e. The average molecular weight is 759 g/mol. The fourth-order valence-electron chi connectivity index (χ4n) is 6.10. The van der Waals surface area contributed by atoms with Crippen molar-refractivity contribution >= 4 is 12.6 Å². The monoisotopic (exact) mass is 759 g/mol. The lowest BCUT2D eigenvalue weighted by atomic mass is 10.1. The van der Waals surface area contributed by atoms with Crippen LogP contribution in [0.3, 0.4) is 0 Å². The van der Waals surface area contributed by atoms with Crippen molar-refractivity contribution in [3.63, 3.8) is 0 Å². The van der Waals surface area contributed by atoms with Gasteiger partial charge < -0.3 is 53.2 Å². The second-order valence-electron chi connectivity index (χ2n) is 14.7. The Morgan fingerprint density at radius 1 is 0.288 bits per heavy atom. The quantitative estimate of drug-likeness (QED) is 0.0327. The van der Waals surface area contributed by atoms with E-state index in [-0.39, 0.29) is 0 Å². The predicted octanol–water partition coefficient (Wildman–Crippen LogP) is 4.10. The molecule has 0 aliphatic rings. The van der Waals surface area contributed by atoms with E-state index in [1.54, 1.807) is 0 Å². The second-order valence-corrected chi connectivity index (χ2v) is 15.0. The average Bonchev–Trinajstić information content (AvgIpc) is 3.16. The second kappa shape index (κ2) is 49.0. The lowest BCUT2D eigenvalue weighted by Gasteiger charge is -2.16. The number of hydrogen-bond donors (Lipinski definition) is 11. The molecule has 10 nitrogen and oxygen atoms in total. The number of hydrogen-bond acceptors (Lipinski definition) is 11. The van der Waals surface area contributed by atoms with Gasteiger partial charge in [-0.3, -0.25) is 0 Å². The third-order valence-electron chi connectivity index (χ3n) is 9.58. The minimum absolute atomic E-state index is 0.656. The summed E-state index contributed by atoms with van der Waals surface area (Å²) in [6.07, 6.45) is 21.5. The van der Waals surface area contributed by atoms with Crippen LogP contribution in [-0.2, 0) is 0 Å². The first-order valence-electron chi connectivity index (χ1n) is 22.5. The Labute approximate surface area is 330 Å². The maximum atomic E-state index is 4.61. The standard InChI is InChI=1S/C41H94N10S/c1-3-42-22-5-7-24-44-26-9-11-28-46-30-13-14-32-48-34-17-18-36-50-38-21-41(40-52)39-51-37-20-19-35-49-33-16-15-31-47-29-12-10-27-45-25-8-6-23-43-4-2/h41-52H,3-40H2,1-2H3. The first-order valence-corrected chi connectivity index (χ1v) is 23.2. The first-order chi connectivity index (χ1) is 25.8. The van der Waals surface area contributed by atoms with Crippen LogP contribution in [0, 0.1) is 5.92 Å². The van der Waals surface area contributed by atoms with Gasteiger partial charge in [0.05, 0.1) is 0 Å². The molecule has 0 aliphatic heterocycles. The Hall–Kier alpha value is -0.0500. The Morgan fingerprint density at radius 2 is 0.500 bits per heavy atom. The van der Waals surface area contributed by atoms with Crippen LogP contribution in [0.4, 0.5) is 0 Å². The van der Waals surface area contributed by atoms with Crippen molar-refractivity contribution in [1.29, 1.82) is 0 Å². The van der Waals surface area contributed by atoms with Crippen molar-refractivity contribution in [3.8, 4) is 0 Å². The van der Waals surface area contributed by atoms with Crippen LogP contribution in [0.1, 0.15) is 123 Å². The predicted molar refractivity (Wildman–Crippen MR) is 236 cm³/mol. The molecule has 10 N–H and O–H groups in total. The first kappa shape index (κ1) is 52.0. The van der Waals surface area contributed by atoms with Crippen molar-refractivity contribution in [2.75, 3.05) is 137 Å². The van der Waals surface area contributed by atoms with E-state index in [2.05, 4.69) is 79.6 Å². The molecule has 0 radical (unpaired) electrons. The molecule has 0 aromatic carbocycles. The maximum Gasteiger partial charge on any atom is -0.00122 e. The van der Waals surface area contributed by atoms with Crippen LogP contribution >= 0.6 is 12.6 Å². The number of rotatable bonds is 48. The van der Waals surface area contributed by atoms with E-state index >= 15 is 0 Å². The van der Waals surface area contributed by atoms with E-state index in [1.807, 2.05) is 0 Å². The van der Waals surface area contributed by atoms with E-state index < -0.39 is 0 Å². The Balaban J connectivity index is 3.23. The Kier molecular flexibility index (Phi) is 48.9. The van der Waals surface area contributed by atoms with Crippen molar-refractivity contribution in [1.82, 2.24) is 53.2 Å². The van der Waals surface area contributed by atoms with Crippen molar-refractivity contribution in [2.45, 2.75) is 123 Å². The van der Waals surface area contributed by atoms with Gasteiger partial charge in [0.25, 0.3) is 0 Å². The molecular formula is C41H94N10S. The van der Waals surface area contributed by atoms with Crippen molar-refractivity contribution in [2.24, 2.45) is 5.92 Å². The zero-order valence-electron chi connectivity index (χ0n) is 34.9. The van der Waals surface area contributed by atoms with Gasteiger partial charge in [-0.15, -0.1) is 0 Å². The molecule has 314 valence electrons. The molecule has 0 rings (SSSR count). The molecular weight excluding hydrogens is 665 g/mol. The lowest BCUT2D eigenvalue weighted by molar-refractivity contribution is 0.459. The third kappa shape index (κ3) is 46.1. The number of thiol groups is 1. The molecule has 0 fully saturated rings. The summed E-state index contributed by atoms with van der Waals surface area (Å²) in [4.78, 5) is 0. The third-order valence-corrected chi connectivity index (χ3v) is 10.1. The summed E-state index contributed by atoms with van der Waals surface area (Å²) in [7, 11) is 0. The van der Waals surface area contributed by atoms with Crippen molar-refractivity contribution in [3.05, 3.63) is 0 Å². The highest BCUT2D eigenvalue weighted by atomic mass is 32.1. The summed E-state index contributed by atoms with van der Waals surface area (Å²) in [5.74, 6) is 1.62. The fourth-order valence-corrected chi connectivity index (χ4v) is 6.41. The molecule has 0 spiro atoms. The highest BCUT2D eigenvalue weighted by molar-refractivity contribution is 7.80. The van der Waals surface area contributed by atoms with E-state index in [9.17, 15) is 0 Å². The van der Waals surface area contributed by atoms with E-state index in [1.165, 1.54) is 109 Å². The van der Waals surface area contributed by atoms with Gasteiger partial charge >= 0.3 is 0 Å². The van der Waals surface area contributed by atoms with Gasteiger partial charge in [0.1, 0.15) is 0 Å². The van der Waals surface area contributed by atoms with Crippen LogP contribution in [-0.4, -0.2) is 137 Å². The summed E-state index contributed by atoms with van der Waals surface area (Å²) in [5, 5.41) is 35.7. The van der Waals surface area contributed by atoms with Crippen LogP contribution in [0.5, 0.6) is 0 Å². The van der Waals surface area contributed by atoms with Crippen LogP contribution < -0.4 is 53.2 Å². The molecule has 11 heteroatoms. The van der Waals surface area contributed by atoms with E-state index in [0.717, 1.165) is 137 Å². The molecule has 1 unspecified atom stereocenters. The molecule has 52 heavy (non-hydrogen) atoms. The zero-order valence-corrected chi connectivity index (χ0v) is 35.8. The van der Waals surface area contributed by atoms with Gasteiger partial charge in [-0.25, -0.2) is 0 Å². The molecule has 0 saturated carbocycles. The van der Waals surface area contributed by atoms with E-state index in [0.29, 0.717) is 5.92 Å². The van der Waals surface area contributed by atoms with Crippen LogP contribution in [0.2, 0.25) is 0 Å². The van der Waals surface area contributed by atoms with Gasteiger partial charge in [0, 0.05) is 0 Å². The zero-order chi connectivity index (χ0) is 37.5. The summed E-state index contributed by atoms with van der Waals surface area (Å²) in [6, 6.07) is 0. The van der Waals surface area contributed by atoms with Gasteiger partial charge in [0.2, 0.25) is 0 Å². The Morgan fingerprint density at radius 3 is 0.731 bits per heavy atom. The fraction of sp³-hybridized carbons (Fsp3) is 1.00. The SMILES string of the molecule is CCNCCCCNCCCCNCCCCNCCCCNCCC(CS)CNCCCCNCCCCNCCCCNCCCCNCC. The molecule has 0 heterocycles. The highest BCUT2D eigenvalue weighted by Gasteiger charge is 2.06. The highest BCUT2D eigenvalue weighted by Crippen LogP contribution is 2.03.